The lowest BCUT2D eigenvalue weighted by molar-refractivity contribution is 0.404. The molecule has 0 saturated carbocycles. The van der Waals surface area contributed by atoms with Crippen LogP contribution in [-0.2, 0) is 0 Å². The molecule has 0 fully saturated rings. The second-order valence-electron chi connectivity index (χ2n) is 1.69. The van der Waals surface area contributed by atoms with Crippen molar-refractivity contribution >= 4 is 15.9 Å². The van der Waals surface area contributed by atoms with Crippen LogP contribution in [0.5, 0.6) is 5.75 Å². The van der Waals surface area contributed by atoms with Crippen molar-refractivity contribution in [1.82, 2.24) is 0 Å². The van der Waals surface area contributed by atoms with Crippen molar-refractivity contribution in [2.75, 3.05) is 0 Å². The highest BCUT2D eigenvalue weighted by atomic mass is 79.9. The van der Waals surface area contributed by atoms with Gasteiger partial charge in [-0.25, -0.2) is 4.39 Å². The molecule has 10 heavy (non-hydrogen) atoms. The Morgan fingerprint density at radius 3 is 2.40 bits per heavy atom. The minimum Gasteiger partial charge on any atom is -0.504 e. The summed E-state index contributed by atoms with van der Waals surface area (Å²) in [4.78, 5) is 0. The molecule has 1 aromatic rings. The van der Waals surface area contributed by atoms with Gasteiger partial charge in [0.25, 0.3) is 0 Å². The molecule has 0 unspecified atom stereocenters. The number of phenolic OH excluding ortho intramolecular Hbond substituents is 1. The molecule has 1 nitrogen and oxygen atoms in total. The summed E-state index contributed by atoms with van der Waals surface area (Å²) < 4.78 is 24.7. The first-order chi connectivity index (χ1) is 4.63. The minimum absolute atomic E-state index is 0.145. The number of benzene rings is 1. The van der Waals surface area contributed by atoms with Gasteiger partial charge in [-0.15, -0.1) is 0 Å². The van der Waals surface area contributed by atoms with Gasteiger partial charge in [0.05, 0.1) is 4.47 Å². The van der Waals surface area contributed by atoms with Gasteiger partial charge in [-0.2, -0.15) is 4.39 Å². The maximum atomic E-state index is 12.3. The van der Waals surface area contributed by atoms with Crippen LogP contribution in [0.3, 0.4) is 0 Å². The molecule has 4 heteroatoms. The predicted octanol–water partition coefficient (Wildman–Crippen LogP) is 2.43. The van der Waals surface area contributed by atoms with Crippen molar-refractivity contribution in [3.8, 4) is 5.75 Å². The van der Waals surface area contributed by atoms with Crippen LogP contribution in [0.1, 0.15) is 0 Å². The molecule has 54 valence electrons. The van der Waals surface area contributed by atoms with Crippen molar-refractivity contribution in [1.29, 1.82) is 0 Å². The zero-order chi connectivity index (χ0) is 7.72. The standard InChI is InChI=1S/C6H3BrF2O/c7-3-1-2-4(8)5(9)6(3)10/h1-2,10H. The SMILES string of the molecule is Oc1c(Br)ccc(F)c1F. The Kier molecular flexibility index (Phi) is 1.89. The van der Waals surface area contributed by atoms with E-state index in [1.54, 1.807) is 0 Å². The number of hydrogen-bond donors (Lipinski definition) is 1. The number of aromatic hydroxyl groups is 1. The van der Waals surface area contributed by atoms with Crippen molar-refractivity contribution in [3.63, 3.8) is 0 Å². The Morgan fingerprint density at radius 1 is 1.30 bits per heavy atom. The van der Waals surface area contributed by atoms with E-state index in [0.29, 0.717) is 0 Å². The molecule has 0 heterocycles. The minimum atomic E-state index is -1.23. The van der Waals surface area contributed by atoms with Gasteiger partial charge in [0.1, 0.15) is 0 Å². The Hall–Kier alpha value is -0.640. The van der Waals surface area contributed by atoms with Crippen molar-refractivity contribution in [2.24, 2.45) is 0 Å². The Labute approximate surface area is 64.4 Å². The van der Waals surface area contributed by atoms with E-state index < -0.39 is 17.4 Å². The van der Waals surface area contributed by atoms with Crippen molar-refractivity contribution in [3.05, 3.63) is 28.2 Å². The fourth-order valence-corrected chi connectivity index (χ4v) is 0.823. The summed E-state index contributed by atoms with van der Waals surface area (Å²) in [5.41, 5.74) is 0. The third kappa shape index (κ3) is 1.11. The van der Waals surface area contributed by atoms with E-state index in [4.69, 9.17) is 5.11 Å². The number of phenols is 1. The molecular formula is C6H3BrF2O. The third-order valence-corrected chi connectivity index (χ3v) is 1.66. The molecule has 0 aromatic heterocycles. The molecule has 1 rings (SSSR count). The van der Waals surface area contributed by atoms with Gasteiger partial charge in [-0.1, -0.05) is 0 Å². The van der Waals surface area contributed by atoms with E-state index >= 15 is 0 Å². The van der Waals surface area contributed by atoms with Crippen LogP contribution in [-0.4, -0.2) is 5.11 Å². The molecule has 0 aliphatic heterocycles. The van der Waals surface area contributed by atoms with Crippen LogP contribution >= 0.6 is 15.9 Å². The molecule has 0 saturated heterocycles. The molecule has 0 aliphatic rings. The smallest absolute Gasteiger partial charge is 0.201 e. The largest absolute Gasteiger partial charge is 0.504 e. The lowest BCUT2D eigenvalue weighted by Crippen LogP contribution is -1.83. The third-order valence-electron chi connectivity index (χ3n) is 1.02. The molecular weight excluding hydrogens is 206 g/mol. The highest BCUT2D eigenvalue weighted by molar-refractivity contribution is 9.10. The van der Waals surface area contributed by atoms with Crippen LogP contribution in [0.2, 0.25) is 0 Å². The molecule has 1 N–H and O–H groups in total. The number of halogens is 3. The average molecular weight is 209 g/mol. The Morgan fingerprint density at radius 2 is 1.90 bits per heavy atom. The van der Waals surface area contributed by atoms with E-state index in [2.05, 4.69) is 15.9 Å². The van der Waals surface area contributed by atoms with Gasteiger partial charge in [0.15, 0.2) is 11.6 Å². The van der Waals surface area contributed by atoms with E-state index in [0.717, 1.165) is 6.07 Å². The topological polar surface area (TPSA) is 20.2 Å². The van der Waals surface area contributed by atoms with Crippen LogP contribution < -0.4 is 0 Å². The summed E-state index contributed by atoms with van der Waals surface area (Å²) in [5, 5.41) is 8.73. The molecule has 0 atom stereocenters. The zero-order valence-corrected chi connectivity index (χ0v) is 6.32. The fourth-order valence-electron chi connectivity index (χ4n) is 0.516. The summed E-state index contributed by atoms with van der Waals surface area (Å²) in [6, 6.07) is 2.16. The lowest BCUT2D eigenvalue weighted by Gasteiger charge is -1.97. The lowest BCUT2D eigenvalue weighted by atomic mass is 10.3. The summed E-state index contributed by atoms with van der Waals surface area (Å²) in [5.74, 6) is -2.98. The van der Waals surface area contributed by atoms with Gasteiger partial charge in [0.2, 0.25) is 5.82 Å². The van der Waals surface area contributed by atoms with Gasteiger partial charge < -0.3 is 5.11 Å². The zero-order valence-electron chi connectivity index (χ0n) is 4.74. The average Bonchev–Trinajstić information content (AvgIpc) is 1.93. The van der Waals surface area contributed by atoms with Gasteiger partial charge in [0, 0.05) is 0 Å². The monoisotopic (exact) mass is 208 g/mol. The van der Waals surface area contributed by atoms with Gasteiger partial charge in [-0.05, 0) is 28.1 Å². The highest BCUT2D eigenvalue weighted by Crippen LogP contribution is 2.27. The van der Waals surface area contributed by atoms with Crippen LogP contribution in [0, 0.1) is 11.6 Å². The van der Waals surface area contributed by atoms with Crippen LogP contribution in [0.25, 0.3) is 0 Å². The van der Waals surface area contributed by atoms with Gasteiger partial charge >= 0.3 is 0 Å². The van der Waals surface area contributed by atoms with E-state index in [1.165, 1.54) is 6.07 Å². The maximum absolute atomic E-state index is 12.3. The number of rotatable bonds is 0. The van der Waals surface area contributed by atoms with Crippen LogP contribution in [0.4, 0.5) is 8.78 Å². The van der Waals surface area contributed by atoms with Gasteiger partial charge in [-0.3, -0.25) is 0 Å². The second-order valence-corrected chi connectivity index (χ2v) is 2.55. The molecule has 0 spiro atoms. The van der Waals surface area contributed by atoms with E-state index in [-0.39, 0.29) is 4.47 Å². The highest BCUT2D eigenvalue weighted by Gasteiger charge is 2.09. The van der Waals surface area contributed by atoms with Crippen molar-refractivity contribution < 1.29 is 13.9 Å². The fraction of sp³-hybridized carbons (Fsp3) is 0. The summed E-state index contributed by atoms with van der Waals surface area (Å²) in [6.07, 6.45) is 0. The van der Waals surface area contributed by atoms with Crippen molar-refractivity contribution in [2.45, 2.75) is 0 Å². The van der Waals surface area contributed by atoms with E-state index in [9.17, 15) is 8.78 Å². The first kappa shape index (κ1) is 7.47. The normalized spacial score (nSPS) is 9.90. The van der Waals surface area contributed by atoms with Crippen LogP contribution in [0.15, 0.2) is 16.6 Å². The molecule has 1 aromatic carbocycles. The molecule has 0 amide bonds. The summed E-state index contributed by atoms with van der Waals surface area (Å²) >= 11 is 2.82. The Bertz CT molecular complexity index is 235. The second kappa shape index (κ2) is 2.54. The summed E-state index contributed by atoms with van der Waals surface area (Å²) in [7, 11) is 0. The van der Waals surface area contributed by atoms with E-state index in [1.807, 2.05) is 0 Å². The molecule has 0 radical (unpaired) electrons. The first-order valence-electron chi connectivity index (χ1n) is 2.45. The quantitative estimate of drug-likeness (QED) is 0.650. The predicted molar refractivity (Wildman–Crippen MR) is 35.7 cm³/mol. The molecule has 0 bridgehead atoms. The first-order valence-corrected chi connectivity index (χ1v) is 3.24. The Balaban J connectivity index is 3.34. The molecule has 0 aliphatic carbocycles. The number of hydrogen-bond acceptors (Lipinski definition) is 1. The summed E-state index contributed by atoms with van der Waals surface area (Å²) in [6.45, 7) is 0. The maximum Gasteiger partial charge on any atom is 0.201 e.